The van der Waals surface area contributed by atoms with E-state index < -0.39 is 0 Å². The van der Waals surface area contributed by atoms with E-state index in [1.54, 1.807) is 0 Å². The van der Waals surface area contributed by atoms with Crippen LogP contribution in [0.3, 0.4) is 0 Å². The molecule has 136 valence electrons. The quantitative estimate of drug-likeness (QED) is 0.838. The lowest BCUT2D eigenvalue weighted by Crippen LogP contribution is -2.46. The van der Waals surface area contributed by atoms with Crippen molar-refractivity contribution in [3.8, 4) is 0 Å². The predicted molar refractivity (Wildman–Crippen MR) is 103 cm³/mol. The number of para-hydroxylation sites is 1. The Morgan fingerprint density at radius 3 is 2.58 bits per heavy atom. The van der Waals surface area contributed by atoms with E-state index in [2.05, 4.69) is 29.6 Å². The minimum atomic E-state index is 0.206. The first kappa shape index (κ1) is 17.1. The van der Waals surface area contributed by atoms with Gasteiger partial charge >= 0.3 is 0 Å². The van der Waals surface area contributed by atoms with Gasteiger partial charge in [-0.05, 0) is 30.0 Å². The van der Waals surface area contributed by atoms with Gasteiger partial charge in [0.2, 0.25) is 5.91 Å². The molecular weight excluding hydrogens is 324 g/mol. The molecule has 1 amide bonds. The standard InChI is InChI=1S/C22H26N2O2/c25-21(10-15-26-16-18-6-2-1-3-7-18)24-13-11-22(12-14-24)17-23-20-9-5-4-8-19(20)22/h1-9,23H,10-17H2. The zero-order valence-corrected chi connectivity index (χ0v) is 15.1. The summed E-state index contributed by atoms with van der Waals surface area (Å²) >= 11 is 0. The molecule has 1 N–H and O–H groups in total. The Labute approximate surface area is 155 Å². The summed E-state index contributed by atoms with van der Waals surface area (Å²) in [5.41, 5.74) is 4.05. The number of likely N-dealkylation sites (tertiary alicyclic amines) is 1. The smallest absolute Gasteiger partial charge is 0.224 e. The maximum absolute atomic E-state index is 12.5. The van der Waals surface area contributed by atoms with E-state index >= 15 is 0 Å². The Morgan fingerprint density at radius 1 is 1.04 bits per heavy atom. The van der Waals surface area contributed by atoms with E-state index in [-0.39, 0.29) is 11.3 Å². The molecule has 4 heteroatoms. The molecule has 0 aliphatic carbocycles. The number of benzene rings is 2. The Balaban J connectivity index is 1.24. The second-order valence-electron chi connectivity index (χ2n) is 7.35. The summed E-state index contributed by atoms with van der Waals surface area (Å²) in [4.78, 5) is 14.5. The van der Waals surface area contributed by atoms with Crippen LogP contribution in [0.15, 0.2) is 54.6 Å². The third-order valence-corrected chi connectivity index (χ3v) is 5.76. The number of amides is 1. The van der Waals surface area contributed by atoms with Gasteiger partial charge in [0.25, 0.3) is 0 Å². The highest BCUT2D eigenvalue weighted by Gasteiger charge is 2.41. The number of ether oxygens (including phenoxy) is 1. The van der Waals surface area contributed by atoms with Crippen LogP contribution in [0.4, 0.5) is 5.69 Å². The lowest BCUT2D eigenvalue weighted by molar-refractivity contribution is -0.134. The van der Waals surface area contributed by atoms with Crippen LogP contribution in [0.5, 0.6) is 0 Å². The number of piperidine rings is 1. The van der Waals surface area contributed by atoms with Gasteiger partial charge in [0.15, 0.2) is 0 Å². The molecule has 0 saturated carbocycles. The van der Waals surface area contributed by atoms with Gasteiger partial charge in [0, 0.05) is 30.7 Å². The third-order valence-electron chi connectivity index (χ3n) is 5.76. The predicted octanol–water partition coefficient (Wildman–Crippen LogP) is 3.58. The lowest BCUT2D eigenvalue weighted by Gasteiger charge is -2.39. The van der Waals surface area contributed by atoms with Gasteiger partial charge in [-0.1, -0.05) is 48.5 Å². The van der Waals surface area contributed by atoms with Crippen molar-refractivity contribution in [2.24, 2.45) is 0 Å². The van der Waals surface area contributed by atoms with Gasteiger partial charge in [-0.3, -0.25) is 4.79 Å². The Bertz CT molecular complexity index is 752. The highest BCUT2D eigenvalue weighted by molar-refractivity contribution is 5.76. The summed E-state index contributed by atoms with van der Waals surface area (Å²) < 4.78 is 5.66. The average molecular weight is 350 g/mol. The summed E-state index contributed by atoms with van der Waals surface area (Å²) in [5.74, 6) is 0.215. The highest BCUT2D eigenvalue weighted by atomic mass is 16.5. The second-order valence-corrected chi connectivity index (χ2v) is 7.35. The van der Waals surface area contributed by atoms with Crippen LogP contribution in [0.2, 0.25) is 0 Å². The van der Waals surface area contributed by atoms with Crippen molar-refractivity contribution in [1.82, 2.24) is 4.90 Å². The maximum Gasteiger partial charge on any atom is 0.224 e. The zero-order valence-electron chi connectivity index (χ0n) is 15.1. The molecule has 0 bridgehead atoms. The molecule has 0 unspecified atom stereocenters. The van der Waals surface area contributed by atoms with Gasteiger partial charge in [0.05, 0.1) is 19.6 Å². The second kappa shape index (κ2) is 7.50. The van der Waals surface area contributed by atoms with Crippen molar-refractivity contribution in [3.05, 3.63) is 65.7 Å². The van der Waals surface area contributed by atoms with Crippen LogP contribution in [0, 0.1) is 0 Å². The number of anilines is 1. The van der Waals surface area contributed by atoms with Gasteiger partial charge in [-0.25, -0.2) is 0 Å². The number of carbonyl (C=O) groups excluding carboxylic acids is 1. The normalized spacial score (nSPS) is 17.8. The number of rotatable bonds is 5. The molecule has 0 aromatic heterocycles. The number of hydrogen-bond acceptors (Lipinski definition) is 3. The first-order chi connectivity index (χ1) is 12.8. The van der Waals surface area contributed by atoms with E-state index in [0.717, 1.165) is 38.0 Å². The molecule has 4 nitrogen and oxygen atoms in total. The van der Waals surface area contributed by atoms with E-state index in [4.69, 9.17) is 4.74 Å². The van der Waals surface area contributed by atoms with Crippen molar-refractivity contribution < 1.29 is 9.53 Å². The molecule has 2 aromatic carbocycles. The molecule has 0 atom stereocenters. The van der Waals surface area contributed by atoms with Crippen LogP contribution in [-0.4, -0.2) is 37.0 Å². The Hall–Kier alpha value is -2.33. The van der Waals surface area contributed by atoms with Crippen molar-refractivity contribution in [2.75, 3.05) is 31.6 Å². The van der Waals surface area contributed by atoms with Gasteiger partial charge < -0.3 is 15.0 Å². The number of nitrogens with zero attached hydrogens (tertiary/aromatic N) is 1. The summed E-state index contributed by atoms with van der Waals surface area (Å²) in [7, 11) is 0. The van der Waals surface area contributed by atoms with Crippen LogP contribution in [-0.2, 0) is 21.6 Å². The van der Waals surface area contributed by atoms with E-state index in [1.807, 2.05) is 35.2 Å². The SMILES string of the molecule is O=C(CCOCc1ccccc1)N1CCC2(CC1)CNc1ccccc12. The summed E-state index contributed by atoms with van der Waals surface area (Å²) in [6, 6.07) is 18.7. The highest BCUT2D eigenvalue weighted by Crippen LogP contribution is 2.43. The molecule has 0 radical (unpaired) electrons. The van der Waals surface area contributed by atoms with E-state index in [9.17, 15) is 4.79 Å². The molecule has 2 aliphatic heterocycles. The third kappa shape index (κ3) is 3.47. The maximum atomic E-state index is 12.5. The summed E-state index contributed by atoms with van der Waals surface area (Å²) in [5, 5.41) is 3.54. The number of hydrogen-bond donors (Lipinski definition) is 1. The monoisotopic (exact) mass is 350 g/mol. The van der Waals surface area contributed by atoms with Gasteiger partial charge in [0.1, 0.15) is 0 Å². The topological polar surface area (TPSA) is 41.6 Å². The fourth-order valence-electron chi connectivity index (χ4n) is 4.17. The minimum absolute atomic E-state index is 0.206. The molecule has 2 aromatic rings. The van der Waals surface area contributed by atoms with Gasteiger partial charge in [-0.15, -0.1) is 0 Å². The van der Waals surface area contributed by atoms with Crippen molar-refractivity contribution >= 4 is 11.6 Å². The molecule has 2 aliphatic rings. The van der Waals surface area contributed by atoms with Crippen molar-refractivity contribution in [3.63, 3.8) is 0 Å². The van der Waals surface area contributed by atoms with Crippen molar-refractivity contribution in [1.29, 1.82) is 0 Å². The molecule has 1 spiro atoms. The van der Waals surface area contributed by atoms with Crippen LogP contribution >= 0.6 is 0 Å². The molecule has 1 fully saturated rings. The fourth-order valence-corrected chi connectivity index (χ4v) is 4.17. The fraction of sp³-hybridized carbons (Fsp3) is 0.409. The van der Waals surface area contributed by atoms with Crippen molar-refractivity contribution in [2.45, 2.75) is 31.3 Å². The molecule has 2 heterocycles. The molecule has 4 rings (SSSR count). The Kier molecular flexibility index (Phi) is 4.93. The number of fused-ring (bicyclic) bond motifs is 2. The zero-order chi connectivity index (χ0) is 17.8. The molecule has 26 heavy (non-hydrogen) atoms. The van der Waals surface area contributed by atoms with E-state index in [1.165, 1.54) is 11.3 Å². The van der Waals surface area contributed by atoms with Gasteiger partial charge in [-0.2, -0.15) is 0 Å². The molecular formula is C22H26N2O2. The summed E-state index contributed by atoms with van der Waals surface area (Å²) in [6.07, 6.45) is 2.54. The molecule has 1 saturated heterocycles. The van der Waals surface area contributed by atoms with Crippen LogP contribution in [0.25, 0.3) is 0 Å². The van der Waals surface area contributed by atoms with Crippen LogP contribution in [0.1, 0.15) is 30.4 Å². The Morgan fingerprint density at radius 2 is 1.77 bits per heavy atom. The van der Waals surface area contributed by atoms with Crippen LogP contribution < -0.4 is 5.32 Å². The average Bonchev–Trinajstić information content (AvgIpc) is 3.05. The first-order valence-corrected chi connectivity index (χ1v) is 9.50. The minimum Gasteiger partial charge on any atom is -0.384 e. The largest absolute Gasteiger partial charge is 0.384 e. The van der Waals surface area contributed by atoms with E-state index in [0.29, 0.717) is 19.6 Å². The number of carbonyl (C=O) groups is 1. The number of nitrogens with one attached hydrogen (secondary N) is 1. The summed E-state index contributed by atoms with van der Waals surface area (Å²) in [6.45, 7) is 3.73. The first-order valence-electron chi connectivity index (χ1n) is 9.50. The lowest BCUT2D eigenvalue weighted by atomic mass is 9.74.